The molecule has 0 aliphatic carbocycles. The molecule has 23 heavy (non-hydrogen) atoms. The summed E-state index contributed by atoms with van der Waals surface area (Å²) in [6.45, 7) is 0. The van der Waals surface area contributed by atoms with Crippen LogP contribution in [0.15, 0.2) is 53.9 Å². The maximum Gasteiger partial charge on any atom is 0.257 e. The van der Waals surface area contributed by atoms with E-state index in [2.05, 4.69) is 10.3 Å². The molecule has 2 aromatic carbocycles. The number of hydrogen-bond donors (Lipinski definition) is 1. The molecule has 1 heterocycles. The van der Waals surface area contributed by atoms with Crippen LogP contribution in [0, 0.1) is 11.3 Å². The molecule has 6 heteroatoms. The first-order chi connectivity index (χ1) is 11.2. The van der Waals surface area contributed by atoms with Gasteiger partial charge in [0.25, 0.3) is 5.91 Å². The molecule has 3 aromatic rings. The third-order valence-electron chi connectivity index (χ3n) is 3.15. The van der Waals surface area contributed by atoms with Gasteiger partial charge in [-0.25, -0.2) is 4.98 Å². The Bertz CT molecular complexity index is 897. The average molecular weight is 340 g/mol. The lowest BCUT2D eigenvalue weighted by molar-refractivity contribution is 0.102. The molecule has 0 bridgehead atoms. The van der Waals surface area contributed by atoms with E-state index in [0.717, 1.165) is 11.3 Å². The van der Waals surface area contributed by atoms with Gasteiger partial charge in [-0.1, -0.05) is 29.8 Å². The second kappa shape index (κ2) is 6.61. The fourth-order valence-electron chi connectivity index (χ4n) is 1.99. The molecule has 1 amide bonds. The van der Waals surface area contributed by atoms with E-state index in [1.165, 1.54) is 11.3 Å². The van der Waals surface area contributed by atoms with Crippen LogP contribution < -0.4 is 5.32 Å². The van der Waals surface area contributed by atoms with Gasteiger partial charge in [0.2, 0.25) is 0 Å². The molecule has 112 valence electrons. The summed E-state index contributed by atoms with van der Waals surface area (Å²) in [6.07, 6.45) is 0. The van der Waals surface area contributed by atoms with E-state index in [-0.39, 0.29) is 5.91 Å². The summed E-state index contributed by atoms with van der Waals surface area (Å²) in [5.41, 5.74) is 2.52. The van der Waals surface area contributed by atoms with Crippen molar-refractivity contribution in [2.75, 3.05) is 5.32 Å². The van der Waals surface area contributed by atoms with Crippen LogP contribution in [0.3, 0.4) is 0 Å². The van der Waals surface area contributed by atoms with Gasteiger partial charge in [0.05, 0.1) is 17.3 Å². The molecule has 0 saturated carbocycles. The van der Waals surface area contributed by atoms with E-state index < -0.39 is 0 Å². The third kappa shape index (κ3) is 3.39. The van der Waals surface area contributed by atoms with Crippen molar-refractivity contribution in [3.8, 4) is 17.3 Å². The number of halogens is 1. The molecule has 0 spiro atoms. The van der Waals surface area contributed by atoms with Crippen molar-refractivity contribution in [1.29, 1.82) is 5.26 Å². The Balaban J connectivity index is 1.77. The highest BCUT2D eigenvalue weighted by atomic mass is 35.5. The summed E-state index contributed by atoms with van der Waals surface area (Å²) >= 11 is 7.48. The Morgan fingerprint density at radius 3 is 2.61 bits per heavy atom. The van der Waals surface area contributed by atoms with Gasteiger partial charge in [-0.3, -0.25) is 10.1 Å². The quantitative estimate of drug-likeness (QED) is 0.759. The van der Waals surface area contributed by atoms with E-state index in [4.69, 9.17) is 16.9 Å². The monoisotopic (exact) mass is 339 g/mol. The molecule has 0 aliphatic rings. The third-order valence-corrected chi connectivity index (χ3v) is 4.24. The standard InChI is InChI=1S/C17H10ClN3OS/c18-14-4-2-1-3-13(14)15-10-23-17(20-15)21-16(22)12-7-5-11(9-19)6-8-12/h1-8,10H,(H,20,21,22). The highest BCUT2D eigenvalue weighted by molar-refractivity contribution is 7.14. The van der Waals surface area contributed by atoms with Gasteiger partial charge >= 0.3 is 0 Å². The Morgan fingerprint density at radius 1 is 1.17 bits per heavy atom. The maximum atomic E-state index is 12.2. The number of nitrogens with zero attached hydrogens (tertiary/aromatic N) is 2. The van der Waals surface area contributed by atoms with Crippen LogP contribution in [-0.2, 0) is 0 Å². The number of hydrogen-bond acceptors (Lipinski definition) is 4. The van der Waals surface area contributed by atoms with Gasteiger partial charge in [-0.05, 0) is 30.3 Å². The second-order valence-corrected chi connectivity index (χ2v) is 5.93. The number of thiazole rings is 1. The van der Waals surface area contributed by atoms with Crippen molar-refractivity contribution in [2.24, 2.45) is 0 Å². The van der Waals surface area contributed by atoms with Gasteiger partial charge in [0.15, 0.2) is 5.13 Å². The molecule has 1 aromatic heterocycles. The van der Waals surface area contributed by atoms with Crippen LogP contribution in [0.5, 0.6) is 0 Å². The summed E-state index contributed by atoms with van der Waals surface area (Å²) in [5.74, 6) is -0.269. The summed E-state index contributed by atoms with van der Waals surface area (Å²) in [7, 11) is 0. The summed E-state index contributed by atoms with van der Waals surface area (Å²) < 4.78 is 0. The fourth-order valence-corrected chi connectivity index (χ4v) is 2.93. The molecular formula is C17H10ClN3OS. The van der Waals surface area contributed by atoms with E-state index in [1.54, 1.807) is 30.3 Å². The second-order valence-electron chi connectivity index (χ2n) is 4.66. The van der Waals surface area contributed by atoms with Crippen molar-refractivity contribution >= 4 is 34.0 Å². The zero-order valence-corrected chi connectivity index (χ0v) is 13.4. The van der Waals surface area contributed by atoms with Gasteiger partial charge < -0.3 is 0 Å². The number of anilines is 1. The van der Waals surface area contributed by atoms with Gasteiger partial charge in [-0.2, -0.15) is 5.26 Å². The summed E-state index contributed by atoms with van der Waals surface area (Å²) in [4.78, 5) is 16.6. The van der Waals surface area contributed by atoms with Crippen molar-refractivity contribution in [2.45, 2.75) is 0 Å². The Kier molecular flexibility index (Phi) is 4.38. The van der Waals surface area contributed by atoms with Crippen molar-refractivity contribution < 1.29 is 4.79 Å². The number of rotatable bonds is 3. The molecule has 3 rings (SSSR count). The van der Waals surface area contributed by atoms with Gasteiger partial charge in [-0.15, -0.1) is 11.3 Å². The number of aromatic nitrogens is 1. The Hall–Kier alpha value is -2.68. The largest absolute Gasteiger partial charge is 0.298 e. The highest BCUT2D eigenvalue weighted by Gasteiger charge is 2.11. The number of carbonyl (C=O) groups excluding carboxylic acids is 1. The lowest BCUT2D eigenvalue weighted by Crippen LogP contribution is -2.11. The van der Waals surface area contributed by atoms with Crippen LogP contribution in [-0.4, -0.2) is 10.9 Å². The first-order valence-corrected chi connectivity index (χ1v) is 7.95. The molecule has 0 radical (unpaired) electrons. The predicted molar refractivity (Wildman–Crippen MR) is 91.7 cm³/mol. The van der Waals surface area contributed by atoms with Crippen molar-refractivity contribution in [3.05, 3.63) is 70.1 Å². The number of nitrogens with one attached hydrogen (secondary N) is 1. The summed E-state index contributed by atoms with van der Waals surface area (Å²) in [6, 6.07) is 15.8. The molecule has 0 fully saturated rings. The lowest BCUT2D eigenvalue weighted by Gasteiger charge is -2.02. The molecule has 1 N–H and O–H groups in total. The van der Waals surface area contributed by atoms with E-state index >= 15 is 0 Å². The number of benzene rings is 2. The SMILES string of the molecule is N#Cc1ccc(C(=O)Nc2nc(-c3ccccc3Cl)cs2)cc1. The molecular weight excluding hydrogens is 330 g/mol. The first kappa shape index (κ1) is 15.2. The van der Waals surface area contributed by atoms with Crippen LogP contribution in [0.4, 0.5) is 5.13 Å². The summed E-state index contributed by atoms with van der Waals surface area (Å²) in [5, 5.41) is 14.5. The zero-order chi connectivity index (χ0) is 16.2. The van der Waals surface area contributed by atoms with Crippen LogP contribution >= 0.6 is 22.9 Å². The number of nitriles is 1. The van der Waals surface area contributed by atoms with Gasteiger partial charge in [0, 0.05) is 21.5 Å². The van der Waals surface area contributed by atoms with Crippen LogP contribution in [0.2, 0.25) is 5.02 Å². The normalized spacial score (nSPS) is 10.1. The lowest BCUT2D eigenvalue weighted by atomic mass is 10.1. The minimum Gasteiger partial charge on any atom is -0.298 e. The zero-order valence-electron chi connectivity index (χ0n) is 11.8. The molecule has 4 nitrogen and oxygen atoms in total. The van der Waals surface area contributed by atoms with E-state index in [0.29, 0.717) is 21.3 Å². The highest BCUT2D eigenvalue weighted by Crippen LogP contribution is 2.30. The van der Waals surface area contributed by atoms with Gasteiger partial charge in [0.1, 0.15) is 0 Å². The predicted octanol–water partition coefficient (Wildman–Crippen LogP) is 4.59. The number of amides is 1. The molecule has 0 unspecified atom stereocenters. The Labute approximate surface area is 142 Å². The van der Waals surface area contributed by atoms with Crippen molar-refractivity contribution in [3.63, 3.8) is 0 Å². The minimum atomic E-state index is -0.269. The van der Waals surface area contributed by atoms with Crippen molar-refractivity contribution in [1.82, 2.24) is 4.98 Å². The first-order valence-electron chi connectivity index (χ1n) is 6.69. The molecule has 0 aliphatic heterocycles. The Morgan fingerprint density at radius 2 is 1.91 bits per heavy atom. The van der Waals surface area contributed by atoms with E-state index in [9.17, 15) is 4.79 Å². The van der Waals surface area contributed by atoms with E-state index in [1.807, 2.05) is 29.6 Å². The molecule has 0 atom stereocenters. The minimum absolute atomic E-state index is 0.269. The topological polar surface area (TPSA) is 65.8 Å². The average Bonchev–Trinajstić information content (AvgIpc) is 3.03. The maximum absolute atomic E-state index is 12.2. The fraction of sp³-hybridized carbons (Fsp3) is 0. The van der Waals surface area contributed by atoms with Crippen LogP contribution in [0.25, 0.3) is 11.3 Å². The smallest absolute Gasteiger partial charge is 0.257 e. The number of carbonyl (C=O) groups is 1. The molecule has 0 saturated heterocycles. The van der Waals surface area contributed by atoms with Crippen LogP contribution in [0.1, 0.15) is 15.9 Å².